The summed E-state index contributed by atoms with van der Waals surface area (Å²) in [5, 5.41) is 7.12. The number of ether oxygens (including phenoxy) is 2. The molecule has 1 aromatic heterocycles. The second-order valence-corrected chi connectivity index (χ2v) is 6.65. The summed E-state index contributed by atoms with van der Waals surface area (Å²) in [5.41, 5.74) is 0.0796. The van der Waals surface area contributed by atoms with E-state index in [0.717, 1.165) is 57.0 Å². The molecule has 3 heterocycles. The summed E-state index contributed by atoms with van der Waals surface area (Å²) in [7, 11) is 1.78. The molecule has 2 fully saturated rings. The van der Waals surface area contributed by atoms with Crippen molar-refractivity contribution in [1.29, 1.82) is 0 Å². The number of halogens is 3. The fraction of sp³-hybridized carbons (Fsp3) is 0.706. The maximum atomic E-state index is 10.6. The molecule has 9 heteroatoms. The largest absolute Gasteiger partial charge is 0.490 e. The van der Waals surface area contributed by atoms with Crippen LogP contribution in [-0.2, 0) is 20.8 Å². The number of carboxylic acid groups (broad SMARTS) is 1. The van der Waals surface area contributed by atoms with Gasteiger partial charge < -0.3 is 19.0 Å². The smallest absolute Gasteiger partial charge is 0.475 e. The second-order valence-electron chi connectivity index (χ2n) is 6.65. The van der Waals surface area contributed by atoms with E-state index in [9.17, 15) is 13.2 Å². The van der Waals surface area contributed by atoms with Crippen molar-refractivity contribution >= 4 is 5.97 Å². The molecule has 2 saturated heterocycles. The Labute approximate surface area is 149 Å². The number of likely N-dealkylation sites (tertiary alicyclic amines) is 1. The molecule has 0 aromatic carbocycles. The van der Waals surface area contributed by atoms with Gasteiger partial charge in [0.2, 0.25) is 0 Å². The van der Waals surface area contributed by atoms with Gasteiger partial charge >= 0.3 is 12.1 Å². The zero-order valence-corrected chi connectivity index (χ0v) is 14.8. The first-order chi connectivity index (χ1) is 12.1. The minimum Gasteiger partial charge on any atom is -0.475 e. The molecule has 1 spiro atoms. The van der Waals surface area contributed by atoms with Gasteiger partial charge in [-0.3, -0.25) is 4.90 Å². The van der Waals surface area contributed by atoms with E-state index in [2.05, 4.69) is 11.0 Å². The Morgan fingerprint density at radius 3 is 2.42 bits per heavy atom. The molecule has 2 aliphatic rings. The quantitative estimate of drug-likeness (QED) is 0.871. The molecule has 1 aromatic rings. The third kappa shape index (κ3) is 5.72. The van der Waals surface area contributed by atoms with Crippen LogP contribution in [0.4, 0.5) is 13.2 Å². The molecule has 2 aliphatic heterocycles. The predicted octanol–water partition coefficient (Wildman–Crippen LogP) is 2.99. The van der Waals surface area contributed by atoms with Crippen molar-refractivity contribution in [3.63, 3.8) is 0 Å². The average molecular weight is 379 g/mol. The first kappa shape index (κ1) is 20.7. The Balaban J connectivity index is 0.000000298. The predicted molar refractivity (Wildman–Crippen MR) is 85.7 cm³/mol. The SMILES string of the molecule is COC1COC2(CCN(Cc3ccc(C)o3)CC2)C1.O=C(O)C(F)(F)F. The van der Waals surface area contributed by atoms with Gasteiger partial charge in [0.05, 0.1) is 24.9 Å². The standard InChI is InChI=1S/C15H23NO3.C2HF3O2/c1-12-3-4-13(19-12)10-16-7-5-15(6-8-16)9-14(17-2)11-18-15;3-2(4,5)1(6)7/h3-4,14H,5-11H2,1-2H3;(H,6,7). The number of aryl methyl sites for hydroxylation is 1. The topological polar surface area (TPSA) is 72.1 Å². The van der Waals surface area contributed by atoms with Gasteiger partial charge in [0.15, 0.2) is 0 Å². The van der Waals surface area contributed by atoms with Gasteiger partial charge in [0.25, 0.3) is 0 Å². The molecule has 1 unspecified atom stereocenters. The number of carboxylic acids is 1. The second kappa shape index (κ2) is 8.41. The van der Waals surface area contributed by atoms with E-state index in [0.29, 0.717) is 6.10 Å². The average Bonchev–Trinajstić information content (AvgIpc) is 3.16. The highest BCUT2D eigenvalue weighted by molar-refractivity contribution is 5.73. The van der Waals surface area contributed by atoms with E-state index in [1.54, 1.807) is 7.11 Å². The number of hydrogen-bond acceptors (Lipinski definition) is 5. The molecule has 0 radical (unpaired) electrons. The van der Waals surface area contributed by atoms with Crippen LogP contribution in [0.5, 0.6) is 0 Å². The van der Waals surface area contributed by atoms with Crippen LogP contribution in [0, 0.1) is 6.92 Å². The van der Waals surface area contributed by atoms with Crippen LogP contribution in [-0.4, -0.2) is 60.7 Å². The van der Waals surface area contributed by atoms with Gasteiger partial charge in [-0.1, -0.05) is 0 Å². The van der Waals surface area contributed by atoms with E-state index in [4.69, 9.17) is 23.8 Å². The van der Waals surface area contributed by atoms with Crippen molar-refractivity contribution < 1.29 is 37.0 Å². The normalized spacial score (nSPS) is 22.9. The Morgan fingerprint density at radius 2 is 2.00 bits per heavy atom. The third-order valence-corrected chi connectivity index (χ3v) is 4.69. The first-order valence-corrected chi connectivity index (χ1v) is 8.38. The van der Waals surface area contributed by atoms with Crippen LogP contribution in [0.2, 0.25) is 0 Å². The van der Waals surface area contributed by atoms with Crippen LogP contribution < -0.4 is 0 Å². The molecular weight excluding hydrogens is 355 g/mol. The fourth-order valence-electron chi connectivity index (χ4n) is 3.21. The van der Waals surface area contributed by atoms with E-state index in [1.807, 2.05) is 13.0 Å². The Bertz CT molecular complexity index is 593. The third-order valence-electron chi connectivity index (χ3n) is 4.69. The van der Waals surface area contributed by atoms with Crippen LogP contribution in [0.3, 0.4) is 0 Å². The number of hydrogen-bond donors (Lipinski definition) is 1. The minimum atomic E-state index is -5.08. The molecule has 6 nitrogen and oxygen atoms in total. The van der Waals surface area contributed by atoms with Crippen LogP contribution >= 0.6 is 0 Å². The lowest BCUT2D eigenvalue weighted by molar-refractivity contribution is -0.192. The number of rotatable bonds is 3. The Kier molecular flexibility index (Phi) is 6.70. The lowest BCUT2D eigenvalue weighted by Crippen LogP contribution is -2.43. The highest BCUT2D eigenvalue weighted by Crippen LogP contribution is 2.37. The molecule has 3 rings (SSSR count). The summed E-state index contributed by atoms with van der Waals surface area (Å²) in [6, 6.07) is 4.11. The van der Waals surface area contributed by atoms with Crippen LogP contribution in [0.25, 0.3) is 0 Å². The summed E-state index contributed by atoms with van der Waals surface area (Å²) in [4.78, 5) is 11.3. The van der Waals surface area contributed by atoms with Gasteiger partial charge in [0, 0.05) is 26.6 Å². The van der Waals surface area contributed by atoms with E-state index in [1.165, 1.54) is 0 Å². The van der Waals surface area contributed by atoms with Crippen LogP contribution in [0.1, 0.15) is 30.8 Å². The van der Waals surface area contributed by atoms with Crippen molar-refractivity contribution in [2.75, 3.05) is 26.8 Å². The molecular formula is C17H24F3NO5. The summed E-state index contributed by atoms with van der Waals surface area (Å²) in [6.07, 6.45) is -1.53. The Morgan fingerprint density at radius 1 is 1.38 bits per heavy atom. The summed E-state index contributed by atoms with van der Waals surface area (Å²) < 4.78 is 48.8. The maximum absolute atomic E-state index is 10.6. The van der Waals surface area contributed by atoms with Crippen molar-refractivity contribution in [1.82, 2.24) is 4.90 Å². The maximum Gasteiger partial charge on any atom is 0.490 e. The highest BCUT2D eigenvalue weighted by Gasteiger charge is 2.42. The van der Waals surface area contributed by atoms with Crippen molar-refractivity contribution in [2.24, 2.45) is 0 Å². The number of furan rings is 1. The van der Waals surface area contributed by atoms with E-state index < -0.39 is 12.1 Å². The molecule has 0 amide bonds. The first-order valence-electron chi connectivity index (χ1n) is 8.38. The number of aliphatic carboxylic acids is 1. The van der Waals surface area contributed by atoms with E-state index >= 15 is 0 Å². The summed E-state index contributed by atoms with van der Waals surface area (Å²) in [6.45, 7) is 5.82. The van der Waals surface area contributed by atoms with Gasteiger partial charge in [0.1, 0.15) is 11.5 Å². The molecule has 0 bridgehead atoms. The number of alkyl halides is 3. The number of nitrogens with zero attached hydrogens (tertiary/aromatic N) is 1. The number of piperidine rings is 1. The summed E-state index contributed by atoms with van der Waals surface area (Å²) >= 11 is 0. The highest BCUT2D eigenvalue weighted by atomic mass is 19.4. The van der Waals surface area contributed by atoms with Gasteiger partial charge in [-0.2, -0.15) is 13.2 Å². The molecule has 1 atom stereocenters. The lowest BCUT2D eigenvalue weighted by atomic mass is 9.88. The molecule has 1 N–H and O–H groups in total. The molecule has 148 valence electrons. The van der Waals surface area contributed by atoms with Crippen molar-refractivity contribution in [3.05, 3.63) is 23.7 Å². The Hall–Kier alpha value is -1.58. The zero-order chi connectivity index (χ0) is 19.4. The van der Waals surface area contributed by atoms with Gasteiger partial charge in [-0.05, 0) is 31.9 Å². The van der Waals surface area contributed by atoms with Gasteiger partial charge in [-0.25, -0.2) is 4.79 Å². The zero-order valence-electron chi connectivity index (χ0n) is 14.8. The lowest BCUT2D eigenvalue weighted by Gasteiger charge is -2.38. The summed E-state index contributed by atoms with van der Waals surface area (Å²) in [5.74, 6) is -0.700. The molecule has 26 heavy (non-hydrogen) atoms. The van der Waals surface area contributed by atoms with Crippen LogP contribution in [0.15, 0.2) is 16.5 Å². The molecule has 0 saturated carbocycles. The number of methoxy groups -OCH3 is 1. The van der Waals surface area contributed by atoms with Crippen molar-refractivity contribution in [3.8, 4) is 0 Å². The minimum absolute atomic E-state index is 0.0796. The van der Waals surface area contributed by atoms with Crippen molar-refractivity contribution in [2.45, 2.75) is 50.6 Å². The molecule has 0 aliphatic carbocycles. The van der Waals surface area contributed by atoms with E-state index in [-0.39, 0.29) is 5.60 Å². The number of carbonyl (C=O) groups is 1. The van der Waals surface area contributed by atoms with Gasteiger partial charge in [-0.15, -0.1) is 0 Å². The monoisotopic (exact) mass is 379 g/mol. The fourth-order valence-corrected chi connectivity index (χ4v) is 3.21.